The lowest BCUT2D eigenvalue weighted by Crippen LogP contribution is -2.32. The number of hydrogen-bond acceptors (Lipinski definition) is 2. The minimum absolute atomic E-state index is 0.739. The van der Waals surface area contributed by atoms with Crippen LogP contribution in [0, 0.1) is 0 Å². The van der Waals surface area contributed by atoms with Gasteiger partial charge in [0.1, 0.15) is 0 Å². The molecule has 0 unspecified atom stereocenters. The van der Waals surface area contributed by atoms with Crippen molar-refractivity contribution >= 4 is 5.69 Å². The standard InChI is InChI=1S/C26H26N2/c1-4-10-21(6-3)26-18-17-25(20-27-26)28(19-5-2)24-15-13-23(14-16-24)22-11-8-7-9-12-22/h4-18,27H,1-3,19-20H2/b21-10+. The predicted octanol–water partition coefficient (Wildman–Crippen LogP) is 6.02. The predicted molar refractivity (Wildman–Crippen MR) is 122 cm³/mol. The second-order valence-corrected chi connectivity index (χ2v) is 6.47. The molecule has 1 aliphatic heterocycles. The molecular weight excluding hydrogens is 340 g/mol. The Morgan fingerprint density at radius 3 is 2.21 bits per heavy atom. The zero-order valence-corrected chi connectivity index (χ0v) is 16.1. The third kappa shape index (κ3) is 4.41. The van der Waals surface area contributed by atoms with E-state index in [1.54, 1.807) is 6.08 Å². The number of hydrogen-bond donors (Lipinski definition) is 1. The topological polar surface area (TPSA) is 15.3 Å². The largest absolute Gasteiger partial charge is 0.379 e. The summed E-state index contributed by atoms with van der Waals surface area (Å²) in [5.41, 5.74) is 6.87. The van der Waals surface area contributed by atoms with Crippen LogP contribution in [0.15, 0.2) is 128 Å². The number of dihydropyridines is 1. The molecule has 0 radical (unpaired) electrons. The van der Waals surface area contributed by atoms with Gasteiger partial charge in [-0.25, -0.2) is 0 Å². The summed E-state index contributed by atoms with van der Waals surface area (Å²) in [4.78, 5) is 2.27. The monoisotopic (exact) mass is 366 g/mol. The van der Waals surface area contributed by atoms with E-state index >= 15 is 0 Å². The third-order valence-corrected chi connectivity index (χ3v) is 4.68. The van der Waals surface area contributed by atoms with E-state index in [-0.39, 0.29) is 0 Å². The number of anilines is 1. The number of allylic oxidation sites excluding steroid dienone is 5. The lowest BCUT2D eigenvalue weighted by Gasteiger charge is -2.29. The molecule has 2 aromatic carbocycles. The van der Waals surface area contributed by atoms with E-state index in [0.717, 1.165) is 30.0 Å². The average Bonchev–Trinajstić information content (AvgIpc) is 2.77. The zero-order chi connectivity index (χ0) is 19.8. The van der Waals surface area contributed by atoms with Crippen molar-refractivity contribution in [2.45, 2.75) is 0 Å². The van der Waals surface area contributed by atoms with Crippen molar-refractivity contribution in [3.8, 4) is 11.1 Å². The average molecular weight is 367 g/mol. The van der Waals surface area contributed by atoms with Gasteiger partial charge in [-0.2, -0.15) is 0 Å². The van der Waals surface area contributed by atoms with Crippen molar-refractivity contribution in [2.24, 2.45) is 0 Å². The molecule has 28 heavy (non-hydrogen) atoms. The van der Waals surface area contributed by atoms with E-state index in [0.29, 0.717) is 0 Å². The molecule has 0 amide bonds. The summed E-state index contributed by atoms with van der Waals surface area (Å²) >= 11 is 0. The van der Waals surface area contributed by atoms with Gasteiger partial charge in [-0.1, -0.05) is 79.9 Å². The SMILES string of the molecule is C=C/C=C(\C=C)C1=CC=C(N(CC=C)c2ccc(-c3ccccc3)cc2)CN1. The lowest BCUT2D eigenvalue weighted by molar-refractivity contribution is 0.821. The highest BCUT2D eigenvalue weighted by Gasteiger charge is 2.14. The minimum Gasteiger partial charge on any atom is -0.379 e. The summed E-state index contributed by atoms with van der Waals surface area (Å²) < 4.78 is 0. The van der Waals surface area contributed by atoms with Crippen LogP contribution < -0.4 is 10.2 Å². The molecule has 1 aliphatic rings. The van der Waals surface area contributed by atoms with Crippen LogP contribution >= 0.6 is 0 Å². The Morgan fingerprint density at radius 2 is 1.64 bits per heavy atom. The van der Waals surface area contributed by atoms with Crippen molar-refractivity contribution in [1.29, 1.82) is 0 Å². The van der Waals surface area contributed by atoms with E-state index in [1.165, 1.54) is 16.8 Å². The maximum absolute atomic E-state index is 3.93. The van der Waals surface area contributed by atoms with Crippen LogP contribution in [0.5, 0.6) is 0 Å². The molecule has 2 heteroatoms. The van der Waals surface area contributed by atoms with Crippen molar-refractivity contribution in [2.75, 3.05) is 18.0 Å². The molecule has 0 aliphatic carbocycles. The summed E-state index contributed by atoms with van der Waals surface area (Å²) in [5.74, 6) is 0. The normalized spacial score (nSPS) is 13.6. The molecular formula is C26H26N2. The molecule has 1 heterocycles. The fourth-order valence-corrected chi connectivity index (χ4v) is 3.24. The van der Waals surface area contributed by atoms with E-state index in [1.807, 2.05) is 24.3 Å². The first-order valence-corrected chi connectivity index (χ1v) is 9.41. The maximum atomic E-state index is 3.93. The molecule has 2 nitrogen and oxygen atoms in total. The van der Waals surface area contributed by atoms with E-state index in [4.69, 9.17) is 0 Å². The van der Waals surface area contributed by atoms with Crippen LogP contribution in [-0.4, -0.2) is 13.1 Å². The van der Waals surface area contributed by atoms with Gasteiger partial charge in [0.05, 0.1) is 6.54 Å². The fourth-order valence-electron chi connectivity index (χ4n) is 3.24. The van der Waals surface area contributed by atoms with Gasteiger partial charge < -0.3 is 10.2 Å². The number of benzene rings is 2. The first-order chi connectivity index (χ1) is 13.8. The minimum atomic E-state index is 0.739. The Labute approximate surface area is 168 Å². The second-order valence-electron chi connectivity index (χ2n) is 6.47. The van der Waals surface area contributed by atoms with Gasteiger partial charge in [-0.3, -0.25) is 0 Å². The van der Waals surface area contributed by atoms with Crippen LogP contribution in [0.4, 0.5) is 5.69 Å². The molecule has 2 aromatic rings. The zero-order valence-electron chi connectivity index (χ0n) is 16.1. The molecule has 1 N–H and O–H groups in total. The van der Waals surface area contributed by atoms with Gasteiger partial charge in [0.2, 0.25) is 0 Å². The van der Waals surface area contributed by atoms with Crippen molar-refractivity contribution < 1.29 is 0 Å². The second kappa shape index (κ2) is 9.43. The third-order valence-electron chi connectivity index (χ3n) is 4.68. The Bertz CT molecular complexity index is 928. The Morgan fingerprint density at radius 1 is 0.929 bits per heavy atom. The van der Waals surface area contributed by atoms with E-state index < -0.39 is 0 Å². The lowest BCUT2D eigenvalue weighted by atomic mass is 10.0. The van der Waals surface area contributed by atoms with E-state index in [9.17, 15) is 0 Å². The highest BCUT2D eigenvalue weighted by atomic mass is 15.2. The highest BCUT2D eigenvalue weighted by molar-refractivity contribution is 5.67. The molecule has 0 saturated carbocycles. The molecule has 0 spiro atoms. The van der Waals surface area contributed by atoms with E-state index in [2.05, 4.69) is 90.6 Å². The molecule has 0 aromatic heterocycles. The van der Waals surface area contributed by atoms with Crippen LogP contribution in [0.25, 0.3) is 11.1 Å². The molecule has 0 atom stereocenters. The number of nitrogens with one attached hydrogen (secondary N) is 1. The quantitative estimate of drug-likeness (QED) is 0.454. The molecule has 0 bridgehead atoms. The maximum Gasteiger partial charge on any atom is 0.0553 e. The van der Waals surface area contributed by atoms with Crippen LogP contribution in [0.3, 0.4) is 0 Å². The smallest absolute Gasteiger partial charge is 0.0553 e. The van der Waals surface area contributed by atoms with Crippen LogP contribution in [-0.2, 0) is 0 Å². The Hall–Kier alpha value is -3.52. The Kier molecular flexibility index (Phi) is 6.48. The summed E-state index contributed by atoms with van der Waals surface area (Å²) in [5, 5.41) is 3.48. The van der Waals surface area contributed by atoms with Gasteiger partial charge in [0.25, 0.3) is 0 Å². The summed E-state index contributed by atoms with van der Waals surface area (Å²) in [6.07, 6.45) is 11.7. The number of nitrogens with zero attached hydrogens (tertiary/aromatic N) is 1. The van der Waals surface area contributed by atoms with Crippen molar-refractivity contribution in [3.05, 3.63) is 128 Å². The summed E-state index contributed by atoms with van der Waals surface area (Å²) in [7, 11) is 0. The van der Waals surface area contributed by atoms with Crippen molar-refractivity contribution in [1.82, 2.24) is 5.32 Å². The summed E-state index contributed by atoms with van der Waals surface area (Å²) in [6, 6.07) is 19.1. The molecule has 0 fully saturated rings. The van der Waals surface area contributed by atoms with Crippen LogP contribution in [0.2, 0.25) is 0 Å². The first kappa shape index (κ1) is 19.2. The van der Waals surface area contributed by atoms with Gasteiger partial charge in [0.15, 0.2) is 0 Å². The van der Waals surface area contributed by atoms with Gasteiger partial charge in [-0.05, 0) is 41.0 Å². The molecule has 3 rings (SSSR count). The van der Waals surface area contributed by atoms with Crippen molar-refractivity contribution in [3.63, 3.8) is 0 Å². The van der Waals surface area contributed by atoms with Gasteiger partial charge in [0, 0.05) is 23.6 Å². The summed E-state index contributed by atoms with van der Waals surface area (Å²) in [6.45, 7) is 13.1. The first-order valence-electron chi connectivity index (χ1n) is 9.41. The highest BCUT2D eigenvalue weighted by Crippen LogP contribution is 2.26. The Balaban J connectivity index is 1.86. The molecule has 140 valence electrons. The van der Waals surface area contributed by atoms with Crippen LogP contribution in [0.1, 0.15) is 0 Å². The van der Waals surface area contributed by atoms with Gasteiger partial charge in [-0.15, -0.1) is 6.58 Å². The fraction of sp³-hybridized carbons (Fsp3) is 0.0769. The number of rotatable bonds is 8. The molecule has 0 saturated heterocycles. The van der Waals surface area contributed by atoms with Gasteiger partial charge >= 0.3 is 0 Å².